The molecule has 0 aromatic carbocycles. The van der Waals surface area contributed by atoms with E-state index in [1.165, 1.54) is 4.90 Å². The number of rotatable bonds is 6. The fourth-order valence-electron chi connectivity index (χ4n) is 1.47. The molecule has 2 N–H and O–H groups in total. The molecule has 16 heavy (non-hydrogen) atoms. The first kappa shape index (κ1) is 12.9. The average molecular weight is 246 g/mol. The third-order valence-corrected chi connectivity index (χ3v) is 2.55. The molecule has 1 aliphatic heterocycles. The molecular formula is C9H14N2O4S. The molecule has 7 heteroatoms. The molecule has 0 radical (unpaired) electrons. The van der Waals surface area contributed by atoms with Gasteiger partial charge in [0.1, 0.15) is 6.04 Å². The molecule has 1 saturated heterocycles. The van der Waals surface area contributed by atoms with E-state index in [0.717, 1.165) is 0 Å². The zero-order valence-corrected chi connectivity index (χ0v) is 9.75. The summed E-state index contributed by atoms with van der Waals surface area (Å²) in [5.41, 5.74) is 0. The van der Waals surface area contributed by atoms with Crippen molar-refractivity contribution >= 4 is 29.2 Å². The molecule has 0 spiro atoms. The van der Waals surface area contributed by atoms with E-state index in [1.807, 2.05) is 0 Å². The fourth-order valence-corrected chi connectivity index (χ4v) is 1.79. The second-order valence-corrected chi connectivity index (χ2v) is 3.82. The molecular weight excluding hydrogens is 232 g/mol. The highest BCUT2D eigenvalue weighted by molar-refractivity contribution is 7.80. The number of thiocarbonyl (C=S) groups is 1. The molecule has 1 fully saturated rings. The predicted octanol–water partition coefficient (Wildman–Crippen LogP) is -0.417. The Labute approximate surface area is 98.6 Å². The number of hydrogen-bond donors (Lipinski definition) is 2. The largest absolute Gasteiger partial charge is 0.481 e. The molecule has 1 atom stereocenters. The van der Waals surface area contributed by atoms with Gasteiger partial charge in [0, 0.05) is 20.3 Å². The zero-order valence-electron chi connectivity index (χ0n) is 8.93. The SMILES string of the molecule is COCCCN1C(=O)[C@@H](CC(=O)O)NC1=S. The van der Waals surface area contributed by atoms with Gasteiger partial charge in [0.2, 0.25) is 0 Å². The molecule has 0 aromatic heterocycles. The molecule has 90 valence electrons. The van der Waals surface area contributed by atoms with Gasteiger partial charge in [-0.15, -0.1) is 0 Å². The number of carbonyl (C=O) groups excluding carboxylic acids is 1. The lowest BCUT2D eigenvalue weighted by molar-refractivity contribution is -0.140. The summed E-state index contributed by atoms with van der Waals surface area (Å²) in [4.78, 5) is 23.6. The number of aliphatic carboxylic acids is 1. The van der Waals surface area contributed by atoms with Crippen LogP contribution in [0.25, 0.3) is 0 Å². The van der Waals surface area contributed by atoms with Crippen molar-refractivity contribution in [3.05, 3.63) is 0 Å². The minimum atomic E-state index is -1.02. The first-order valence-electron chi connectivity index (χ1n) is 4.89. The van der Waals surface area contributed by atoms with Crippen LogP contribution in [-0.4, -0.2) is 53.3 Å². The van der Waals surface area contributed by atoms with Crippen molar-refractivity contribution in [1.82, 2.24) is 10.2 Å². The summed E-state index contributed by atoms with van der Waals surface area (Å²) in [6, 6.07) is -0.729. The van der Waals surface area contributed by atoms with E-state index in [0.29, 0.717) is 24.7 Å². The van der Waals surface area contributed by atoms with E-state index in [2.05, 4.69) is 5.32 Å². The van der Waals surface area contributed by atoms with Crippen LogP contribution in [-0.2, 0) is 14.3 Å². The summed E-state index contributed by atoms with van der Waals surface area (Å²) in [5.74, 6) is -1.30. The highest BCUT2D eigenvalue weighted by atomic mass is 32.1. The van der Waals surface area contributed by atoms with Crippen LogP contribution >= 0.6 is 12.2 Å². The van der Waals surface area contributed by atoms with Gasteiger partial charge in [-0.2, -0.15) is 0 Å². The Balaban J connectivity index is 2.50. The van der Waals surface area contributed by atoms with Crippen molar-refractivity contribution in [2.75, 3.05) is 20.3 Å². The molecule has 0 saturated carbocycles. The fraction of sp³-hybridized carbons (Fsp3) is 0.667. The Morgan fingerprint density at radius 2 is 2.38 bits per heavy atom. The highest BCUT2D eigenvalue weighted by Gasteiger charge is 2.36. The maximum atomic E-state index is 11.7. The number of nitrogens with zero attached hydrogens (tertiary/aromatic N) is 1. The van der Waals surface area contributed by atoms with Gasteiger partial charge in [-0.3, -0.25) is 14.5 Å². The molecule has 1 amide bonds. The van der Waals surface area contributed by atoms with Gasteiger partial charge in [-0.1, -0.05) is 0 Å². The summed E-state index contributed by atoms with van der Waals surface area (Å²) in [5, 5.41) is 11.6. The molecule has 1 aliphatic rings. The van der Waals surface area contributed by atoms with E-state index < -0.39 is 12.0 Å². The van der Waals surface area contributed by atoms with E-state index in [-0.39, 0.29) is 12.3 Å². The number of carboxylic acids is 1. The average Bonchev–Trinajstić information content (AvgIpc) is 2.45. The van der Waals surface area contributed by atoms with Crippen LogP contribution in [0.2, 0.25) is 0 Å². The van der Waals surface area contributed by atoms with E-state index in [9.17, 15) is 9.59 Å². The summed E-state index contributed by atoms with van der Waals surface area (Å²) < 4.78 is 4.87. The number of ether oxygens (including phenoxy) is 1. The molecule has 0 unspecified atom stereocenters. The second kappa shape index (κ2) is 5.76. The Morgan fingerprint density at radius 1 is 1.69 bits per heavy atom. The molecule has 0 aliphatic carbocycles. The van der Waals surface area contributed by atoms with Crippen LogP contribution in [0.4, 0.5) is 0 Å². The minimum absolute atomic E-state index is 0.250. The van der Waals surface area contributed by atoms with E-state index in [1.54, 1.807) is 7.11 Å². The van der Waals surface area contributed by atoms with E-state index >= 15 is 0 Å². The lowest BCUT2D eigenvalue weighted by Crippen LogP contribution is -2.33. The number of methoxy groups -OCH3 is 1. The van der Waals surface area contributed by atoms with Crippen molar-refractivity contribution in [2.24, 2.45) is 0 Å². The van der Waals surface area contributed by atoms with Crippen molar-refractivity contribution in [3.63, 3.8) is 0 Å². The summed E-state index contributed by atoms with van der Waals surface area (Å²) in [7, 11) is 1.58. The highest BCUT2D eigenvalue weighted by Crippen LogP contribution is 2.10. The van der Waals surface area contributed by atoms with Gasteiger partial charge in [-0.25, -0.2) is 0 Å². The Bertz CT molecular complexity index is 308. The number of carboxylic acid groups (broad SMARTS) is 1. The van der Waals surface area contributed by atoms with Gasteiger partial charge in [-0.05, 0) is 18.6 Å². The first-order valence-corrected chi connectivity index (χ1v) is 5.29. The molecule has 1 rings (SSSR count). The molecule has 1 heterocycles. The normalized spacial score (nSPS) is 20.1. The number of nitrogens with one attached hydrogen (secondary N) is 1. The predicted molar refractivity (Wildman–Crippen MR) is 60.0 cm³/mol. The quantitative estimate of drug-likeness (QED) is 0.489. The van der Waals surface area contributed by atoms with Crippen molar-refractivity contribution in [2.45, 2.75) is 18.9 Å². The minimum Gasteiger partial charge on any atom is -0.481 e. The second-order valence-electron chi connectivity index (χ2n) is 3.44. The van der Waals surface area contributed by atoms with Crippen molar-refractivity contribution < 1.29 is 19.4 Å². The number of carbonyl (C=O) groups is 2. The maximum absolute atomic E-state index is 11.7. The summed E-state index contributed by atoms with van der Waals surface area (Å²) in [6.45, 7) is 0.991. The molecule has 0 aromatic rings. The third-order valence-electron chi connectivity index (χ3n) is 2.22. The molecule has 6 nitrogen and oxygen atoms in total. The van der Waals surface area contributed by atoms with Crippen LogP contribution in [0, 0.1) is 0 Å². The number of amides is 1. The summed E-state index contributed by atoms with van der Waals surface area (Å²) in [6.07, 6.45) is 0.420. The van der Waals surface area contributed by atoms with Crippen LogP contribution in [0.15, 0.2) is 0 Å². The van der Waals surface area contributed by atoms with Crippen molar-refractivity contribution in [3.8, 4) is 0 Å². The summed E-state index contributed by atoms with van der Waals surface area (Å²) >= 11 is 4.96. The number of hydrogen-bond acceptors (Lipinski definition) is 4. The zero-order chi connectivity index (χ0) is 12.1. The van der Waals surface area contributed by atoms with Crippen LogP contribution in [0.5, 0.6) is 0 Å². The standard InChI is InChI=1S/C9H14N2O4S/c1-15-4-2-3-11-8(14)6(5-7(12)13)10-9(11)16/h6H,2-5H2,1H3,(H,10,16)(H,12,13)/t6-/m1/s1. The van der Waals surface area contributed by atoms with Gasteiger partial charge in [0.05, 0.1) is 6.42 Å². The van der Waals surface area contributed by atoms with E-state index in [4.69, 9.17) is 22.1 Å². The third kappa shape index (κ3) is 3.14. The molecule has 0 bridgehead atoms. The van der Waals surface area contributed by atoms with Crippen LogP contribution < -0.4 is 5.32 Å². The van der Waals surface area contributed by atoms with Gasteiger partial charge in [0.15, 0.2) is 5.11 Å². The Kier molecular flexibility index (Phi) is 4.63. The van der Waals surface area contributed by atoms with Crippen LogP contribution in [0.1, 0.15) is 12.8 Å². The first-order chi connectivity index (χ1) is 7.56. The van der Waals surface area contributed by atoms with Gasteiger partial charge < -0.3 is 15.2 Å². The van der Waals surface area contributed by atoms with Crippen LogP contribution in [0.3, 0.4) is 0 Å². The smallest absolute Gasteiger partial charge is 0.305 e. The Hall–Kier alpha value is -1.21. The van der Waals surface area contributed by atoms with Gasteiger partial charge in [0.25, 0.3) is 5.91 Å². The Morgan fingerprint density at radius 3 is 2.94 bits per heavy atom. The van der Waals surface area contributed by atoms with Crippen molar-refractivity contribution in [1.29, 1.82) is 0 Å². The van der Waals surface area contributed by atoms with Gasteiger partial charge >= 0.3 is 5.97 Å². The maximum Gasteiger partial charge on any atom is 0.305 e. The topological polar surface area (TPSA) is 78.9 Å². The lowest BCUT2D eigenvalue weighted by atomic mass is 10.2. The monoisotopic (exact) mass is 246 g/mol. The lowest BCUT2D eigenvalue weighted by Gasteiger charge is -2.13.